The van der Waals surface area contributed by atoms with Gasteiger partial charge in [0.05, 0.1) is 18.8 Å². The molecule has 2 heterocycles. The lowest BCUT2D eigenvalue weighted by Crippen LogP contribution is -2.38. The highest BCUT2D eigenvalue weighted by Crippen LogP contribution is 2.16. The van der Waals surface area contributed by atoms with Crippen molar-refractivity contribution in [2.45, 2.75) is 13.1 Å². The van der Waals surface area contributed by atoms with E-state index in [2.05, 4.69) is 11.7 Å². The average Bonchev–Trinajstić information content (AvgIpc) is 2.55. The predicted molar refractivity (Wildman–Crippen MR) is 52.3 cm³/mol. The Hall–Kier alpha value is -1.85. The number of amides is 1. The molecule has 0 aromatic carbocycles. The minimum absolute atomic E-state index is 0.325. The molecule has 1 aromatic rings. The normalized spacial score (nSPS) is 14.9. The van der Waals surface area contributed by atoms with Gasteiger partial charge < -0.3 is 10.6 Å². The number of hydrogen-bond donors (Lipinski definition) is 1. The van der Waals surface area contributed by atoms with Crippen LogP contribution in [-0.2, 0) is 17.9 Å². The molecule has 2 N–H and O–H groups in total. The monoisotopic (exact) mass is 210 g/mol. The number of carbonyl (C=O) groups excluding carboxylic acids is 1. The van der Waals surface area contributed by atoms with Crippen LogP contribution in [-0.4, -0.2) is 27.1 Å². The van der Waals surface area contributed by atoms with E-state index in [0.29, 0.717) is 25.5 Å². The molecule has 0 unspecified atom stereocenters. The van der Waals surface area contributed by atoms with Crippen LogP contribution < -0.4 is 5.73 Å². The first kappa shape index (κ1) is 9.70. The maximum atomic E-state index is 12.6. The number of rotatable bonds is 1. The minimum atomic E-state index is -0.934. The van der Waals surface area contributed by atoms with E-state index in [1.54, 1.807) is 10.7 Å². The van der Waals surface area contributed by atoms with Gasteiger partial charge in [0.25, 0.3) is 5.91 Å². The summed E-state index contributed by atoms with van der Waals surface area (Å²) in [5, 5.41) is 4.03. The van der Waals surface area contributed by atoms with Crippen molar-refractivity contribution >= 4 is 11.7 Å². The Labute approximate surface area is 86.0 Å². The first-order chi connectivity index (χ1) is 7.08. The Morgan fingerprint density at radius 1 is 1.60 bits per heavy atom. The van der Waals surface area contributed by atoms with Crippen LogP contribution in [0, 0.1) is 0 Å². The Morgan fingerprint density at radius 2 is 2.33 bits per heavy atom. The number of nitrogens with zero attached hydrogens (tertiary/aromatic N) is 3. The third-order valence-electron chi connectivity index (χ3n) is 2.34. The summed E-state index contributed by atoms with van der Waals surface area (Å²) in [7, 11) is 0. The number of anilines is 1. The number of halogens is 1. The Balaban J connectivity index is 2.18. The first-order valence-electron chi connectivity index (χ1n) is 4.54. The van der Waals surface area contributed by atoms with Crippen molar-refractivity contribution < 1.29 is 9.18 Å². The molecule has 15 heavy (non-hydrogen) atoms. The second-order valence-corrected chi connectivity index (χ2v) is 3.42. The van der Waals surface area contributed by atoms with Gasteiger partial charge in [-0.1, -0.05) is 6.58 Å². The molecule has 0 atom stereocenters. The Morgan fingerprint density at radius 3 is 3.00 bits per heavy atom. The molecule has 2 rings (SSSR count). The highest BCUT2D eigenvalue weighted by Gasteiger charge is 2.23. The molecule has 0 radical (unpaired) electrons. The Kier molecular flexibility index (Phi) is 2.18. The highest BCUT2D eigenvalue weighted by atomic mass is 19.1. The van der Waals surface area contributed by atoms with Crippen molar-refractivity contribution in [2.75, 3.05) is 12.3 Å². The topological polar surface area (TPSA) is 64.2 Å². The molecular weight excluding hydrogens is 199 g/mol. The summed E-state index contributed by atoms with van der Waals surface area (Å²) in [4.78, 5) is 12.7. The first-order valence-corrected chi connectivity index (χ1v) is 4.54. The fourth-order valence-electron chi connectivity index (χ4n) is 1.63. The summed E-state index contributed by atoms with van der Waals surface area (Å²) in [6, 6.07) is 1.68. The quantitative estimate of drug-likeness (QED) is 0.677. The van der Waals surface area contributed by atoms with E-state index in [1.165, 1.54) is 4.90 Å². The van der Waals surface area contributed by atoms with Crippen LogP contribution in [0.4, 0.5) is 10.2 Å². The zero-order valence-corrected chi connectivity index (χ0v) is 8.11. The van der Waals surface area contributed by atoms with Gasteiger partial charge in [0.2, 0.25) is 0 Å². The van der Waals surface area contributed by atoms with Crippen LogP contribution in [0.25, 0.3) is 0 Å². The fraction of sp³-hybridized carbons (Fsp3) is 0.333. The van der Waals surface area contributed by atoms with Gasteiger partial charge in [-0.25, -0.2) is 4.39 Å². The van der Waals surface area contributed by atoms with Gasteiger partial charge in [0.1, 0.15) is 5.82 Å². The number of nitrogens with two attached hydrogens (primary N) is 1. The van der Waals surface area contributed by atoms with Crippen molar-refractivity contribution in [3.05, 3.63) is 24.2 Å². The van der Waals surface area contributed by atoms with Crippen molar-refractivity contribution in [3.63, 3.8) is 0 Å². The molecule has 0 saturated carbocycles. The van der Waals surface area contributed by atoms with Crippen LogP contribution in [0.5, 0.6) is 0 Å². The van der Waals surface area contributed by atoms with Crippen LogP contribution in [0.2, 0.25) is 0 Å². The van der Waals surface area contributed by atoms with E-state index < -0.39 is 11.7 Å². The van der Waals surface area contributed by atoms with E-state index in [9.17, 15) is 9.18 Å². The lowest BCUT2D eigenvalue weighted by atomic mass is 10.3. The standard InChI is InChI=1S/C9H11FN4O/c1-6(10)9(15)13-2-3-14-7(5-13)4-8(11)12-14/h4H,1-3,5H2,(H2,11,12). The van der Waals surface area contributed by atoms with Crippen molar-refractivity contribution in [1.82, 2.24) is 14.7 Å². The van der Waals surface area contributed by atoms with Gasteiger partial charge in [-0.3, -0.25) is 9.48 Å². The Bertz CT molecular complexity index is 426. The molecule has 0 saturated heterocycles. The second kappa shape index (κ2) is 3.38. The molecule has 80 valence electrons. The summed E-state index contributed by atoms with van der Waals surface area (Å²) >= 11 is 0. The average molecular weight is 210 g/mol. The minimum Gasteiger partial charge on any atom is -0.382 e. The number of fused-ring (bicyclic) bond motifs is 1. The van der Waals surface area contributed by atoms with E-state index in [1.807, 2.05) is 0 Å². The third kappa shape index (κ3) is 1.70. The second-order valence-electron chi connectivity index (χ2n) is 3.42. The SMILES string of the molecule is C=C(F)C(=O)N1CCn2nc(N)cc2C1. The van der Waals surface area contributed by atoms with E-state index >= 15 is 0 Å². The molecule has 1 aromatic heterocycles. The number of aromatic nitrogens is 2. The van der Waals surface area contributed by atoms with Gasteiger partial charge in [0.15, 0.2) is 5.83 Å². The van der Waals surface area contributed by atoms with Gasteiger partial charge >= 0.3 is 0 Å². The van der Waals surface area contributed by atoms with Crippen LogP contribution in [0.15, 0.2) is 18.5 Å². The van der Waals surface area contributed by atoms with Crippen LogP contribution in [0.3, 0.4) is 0 Å². The predicted octanol–water partition coefficient (Wildman–Crippen LogP) is 0.291. The van der Waals surface area contributed by atoms with Crippen LogP contribution in [0.1, 0.15) is 5.69 Å². The smallest absolute Gasteiger partial charge is 0.282 e. The summed E-state index contributed by atoms with van der Waals surface area (Å²) in [5.74, 6) is -1.18. The molecule has 0 bridgehead atoms. The summed E-state index contributed by atoms with van der Waals surface area (Å²) < 4.78 is 14.4. The van der Waals surface area contributed by atoms with Gasteiger partial charge in [0, 0.05) is 12.6 Å². The molecule has 0 aliphatic carbocycles. The number of hydrogen-bond acceptors (Lipinski definition) is 3. The molecule has 6 heteroatoms. The zero-order chi connectivity index (χ0) is 11.0. The van der Waals surface area contributed by atoms with E-state index in [4.69, 9.17) is 5.73 Å². The maximum Gasteiger partial charge on any atom is 0.282 e. The highest BCUT2D eigenvalue weighted by molar-refractivity contribution is 5.90. The van der Waals surface area contributed by atoms with Crippen LogP contribution >= 0.6 is 0 Å². The number of nitrogen functional groups attached to an aromatic ring is 1. The summed E-state index contributed by atoms with van der Waals surface area (Å²) in [5.41, 5.74) is 6.33. The molecular formula is C9H11FN4O. The summed E-state index contributed by atoms with van der Waals surface area (Å²) in [6.07, 6.45) is 0. The molecule has 5 nitrogen and oxygen atoms in total. The van der Waals surface area contributed by atoms with E-state index in [-0.39, 0.29) is 0 Å². The zero-order valence-electron chi connectivity index (χ0n) is 8.11. The third-order valence-corrected chi connectivity index (χ3v) is 2.34. The van der Waals surface area contributed by atoms with Gasteiger partial charge in [-0.2, -0.15) is 5.10 Å². The van der Waals surface area contributed by atoms with Gasteiger partial charge in [-0.15, -0.1) is 0 Å². The summed E-state index contributed by atoms with van der Waals surface area (Å²) in [6.45, 7) is 4.27. The molecule has 1 amide bonds. The van der Waals surface area contributed by atoms with E-state index in [0.717, 1.165) is 5.69 Å². The lowest BCUT2D eigenvalue weighted by molar-refractivity contribution is -0.130. The molecule has 1 aliphatic heterocycles. The van der Waals surface area contributed by atoms with Crippen molar-refractivity contribution in [3.8, 4) is 0 Å². The van der Waals surface area contributed by atoms with Crippen molar-refractivity contribution in [1.29, 1.82) is 0 Å². The molecule has 0 fully saturated rings. The lowest BCUT2D eigenvalue weighted by Gasteiger charge is -2.26. The molecule has 0 spiro atoms. The maximum absolute atomic E-state index is 12.6. The fourth-order valence-corrected chi connectivity index (χ4v) is 1.63. The number of carbonyl (C=O) groups is 1. The van der Waals surface area contributed by atoms with Crippen molar-refractivity contribution in [2.24, 2.45) is 0 Å². The van der Waals surface area contributed by atoms with Gasteiger partial charge in [-0.05, 0) is 0 Å². The molecule has 1 aliphatic rings. The largest absolute Gasteiger partial charge is 0.382 e.